The Morgan fingerprint density at radius 2 is 1.93 bits per heavy atom. The van der Waals surface area contributed by atoms with E-state index in [0.29, 0.717) is 0 Å². The molecule has 0 saturated carbocycles. The van der Waals surface area contributed by atoms with Crippen molar-refractivity contribution in [1.29, 1.82) is 0 Å². The van der Waals surface area contributed by atoms with Crippen LogP contribution in [0.5, 0.6) is 0 Å². The normalized spacial score (nSPS) is 12.4. The molecule has 2 N–H and O–H groups in total. The fourth-order valence-corrected chi connectivity index (χ4v) is 1.27. The molecule has 0 fully saturated rings. The minimum Gasteiger partial charge on any atom is -0.324 e. The van der Waals surface area contributed by atoms with Gasteiger partial charge in [-0.05, 0) is 13.0 Å². The van der Waals surface area contributed by atoms with Crippen LogP contribution in [0, 0.1) is 12.7 Å². The van der Waals surface area contributed by atoms with Gasteiger partial charge in [0.1, 0.15) is 5.82 Å². The molecular weight excluding hydrogens is 227 g/mol. The first kappa shape index (κ1) is 14.3. The molecule has 0 saturated heterocycles. The van der Waals surface area contributed by atoms with Gasteiger partial charge in [-0.2, -0.15) is 0 Å². The Morgan fingerprint density at radius 3 is 2.47 bits per heavy atom. The number of hydrogen-bond donors (Lipinski definition) is 1. The van der Waals surface area contributed by atoms with E-state index in [1.807, 2.05) is 0 Å². The second kappa shape index (κ2) is 5.98. The monoisotopic (exact) mass is 239 g/mol. The topological polar surface area (TPSA) is 26.0 Å². The molecule has 0 aliphatic heterocycles. The Labute approximate surface area is 92.9 Å². The summed E-state index contributed by atoms with van der Waals surface area (Å²) in [7, 11) is 0. The summed E-state index contributed by atoms with van der Waals surface area (Å²) in [5, 5.41) is 0. The van der Waals surface area contributed by atoms with E-state index < -0.39 is 24.7 Å². The molecule has 0 aromatic heterocycles. The van der Waals surface area contributed by atoms with E-state index in [9.17, 15) is 13.2 Å². The molecule has 0 radical (unpaired) electrons. The van der Waals surface area contributed by atoms with Gasteiger partial charge in [0, 0.05) is 18.0 Å². The van der Waals surface area contributed by atoms with Gasteiger partial charge in [0.25, 0.3) is 0 Å². The fourth-order valence-electron chi connectivity index (χ4n) is 1.27. The number of nitrogens with two attached hydrogens (primary N) is 1. The molecule has 0 aliphatic carbocycles. The van der Waals surface area contributed by atoms with Crippen LogP contribution in [0.25, 0.3) is 0 Å². The Kier molecular flexibility index (Phi) is 5.68. The minimum atomic E-state index is -2.51. The van der Waals surface area contributed by atoms with Crippen LogP contribution in [0.4, 0.5) is 13.2 Å². The molecule has 0 unspecified atom stereocenters. The molecule has 5 heteroatoms. The number of rotatable bonds is 3. The van der Waals surface area contributed by atoms with Crippen molar-refractivity contribution in [2.75, 3.05) is 0 Å². The Balaban J connectivity index is 0.00000196. The maximum absolute atomic E-state index is 13.1. The average Bonchev–Trinajstić information content (AvgIpc) is 2.08. The van der Waals surface area contributed by atoms with E-state index in [1.165, 1.54) is 12.1 Å². The van der Waals surface area contributed by atoms with Crippen molar-refractivity contribution in [1.82, 2.24) is 0 Å². The third kappa shape index (κ3) is 4.10. The highest BCUT2D eigenvalue weighted by atomic mass is 35.5. The third-order valence-corrected chi connectivity index (χ3v) is 1.98. The molecule has 0 amide bonds. The van der Waals surface area contributed by atoms with Gasteiger partial charge in [-0.3, -0.25) is 0 Å². The van der Waals surface area contributed by atoms with Crippen molar-refractivity contribution in [3.05, 3.63) is 35.1 Å². The van der Waals surface area contributed by atoms with Crippen molar-refractivity contribution in [3.63, 3.8) is 0 Å². The first-order valence-electron chi connectivity index (χ1n) is 4.30. The third-order valence-electron chi connectivity index (χ3n) is 1.98. The molecular formula is C10H13ClF3N. The number of aryl methyl sites for hydroxylation is 1. The molecule has 1 aromatic rings. The van der Waals surface area contributed by atoms with Crippen molar-refractivity contribution >= 4 is 12.4 Å². The van der Waals surface area contributed by atoms with Crippen LogP contribution in [0.15, 0.2) is 18.2 Å². The van der Waals surface area contributed by atoms with E-state index in [-0.39, 0.29) is 18.0 Å². The van der Waals surface area contributed by atoms with Crippen molar-refractivity contribution < 1.29 is 13.2 Å². The van der Waals surface area contributed by atoms with Gasteiger partial charge in [0.2, 0.25) is 6.43 Å². The van der Waals surface area contributed by atoms with E-state index in [0.717, 1.165) is 5.56 Å². The molecule has 1 rings (SSSR count). The quantitative estimate of drug-likeness (QED) is 0.861. The first-order valence-corrected chi connectivity index (χ1v) is 4.30. The molecule has 86 valence electrons. The van der Waals surface area contributed by atoms with Crippen LogP contribution in [0.3, 0.4) is 0 Å². The zero-order valence-corrected chi connectivity index (χ0v) is 9.03. The zero-order valence-electron chi connectivity index (χ0n) is 8.21. The number of halogens is 4. The van der Waals surface area contributed by atoms with Crippen molar-refractivity contribution in [3.8, 4) is 0 Å². The molecule has 0 bridgehead atoms. The lowest BCUT2D eigenvalue weighted by Gasteiger charge is -2.12. The summed E-state index contributed by atoms with van der Waals surface area (Å²) in [6.45, 7) is 1.76. The first-order chi connectivity index (χ1) is 6.50. The van der Waals surface area contributed by atoms with Crippen LogP contribution in [0.1, 0.15) is 23.6 Å². The largest absolute Gasteiger partial charge is 0.324 e. The molecule has 15 heavy (non-hydrogen) atoms. The molecule has 0 aliphatic rings. The van der Waals surface area contributed by atoms with Gasteiger partial charge in [-0.15, -0.1) is 12.4 Å². The second-order valence-corrected chi connectivity index (χ2v) is 3.26. The summed E-state index contributed by atoms with van der Waals surface area (Å²) in [5.41, 5.74) is 6.41. The SMILES string of the molecule is Cc1ccc(F)c([C@H](N)CC(F)F)c1.Cl. The lowest BCUT2D eigenvalue weighted by molar-refractivity contribution is 0.128. The van der Waals surface area contributed by atoms with E-state index in [4.69, 9.17) is 5.73 Å². The van der Waals surface area contributed by atoms with Crippen LogP contribution in [-0.2, 0) is 0 Å². The summed E-state index contributed by atoms with van der Waals surface area (Å²) >= 11 is 0. The summed E-state index contributed by atoms with van der Waals surface area (Å²) < 4.78 is 37.1. The molecule has 1 atom stereocenters. The Bertz CT molecular complexity index is 318. The van der Waals surface area contributed by atoms with Crippen LogP contribution in [-0.4, -0.2) is 6.43 Å². The van der Waals surface area contributed by atoms with Gasteiger partial charge in [-0.25, -0.2) is 13.2 Å². The lowest BCUT2D eigenvalue weighted by Crippen LogP contribution is -2.15. The highest BCUT2D eigenvalue weighted by Crippen LogP contribution is 2.21. The van der Waals surface area contributed by atoms with Crippen LogP contribution in [0.2, 0.25) is 0 Å². The predicted octanol–water partition coefficient (Wildman–Crippen LogP) is 3.21. The zero-order chi connectivity index (χ0) is 10.7. The van der Waals surface area contributed by atoms with Gasteiger partial charge < -0.3 is 5.73 Å². The average molecular weight is 240 g/mol. The van der Waals surface area contributed by atoms with E-state index in [1.54, 1.807) is 13.0 Å². The summed E-state index contributed by atoms with van der Waals surface area (Å²) in [5.74, 6) is -0.524. The van der Waals surface area contributed by atoms with Gasteiger partial charge in [-0.1, -0.05) is 17.7 Å². The Hall–Kier alpha value is -0.740. The second-order valence-electron chi connectivity index (χ2n) is 3.26. The predicted molar refractivity (Wildman–Crippen MR) is 55.9 cm³/mol. The van der Waals surface area contributed by atoms with Gasteiger partial charge in [0.05, 0.1) is 0 Å². The standard InChI is InChI=1S/C10H12F3N.ClH/c1-6-2-3-8(11)7(4-6)9(14)5-10(12)13;/h2-4,9-10H,5,14H2,1H3;1H/t9-;/m1./s1. The highest BCUT2D eigenvalue weighted by Gasteiger charge is 2.16. The summed E-state index contributed by atoms with van der Waals surface area (Å²) in [6.07, 6.45) is -3.02. The van der Waals surface area contributed by atoms with Gasteiger partial charge in [0.15, 0.2) is 0 Å². The highest BCUT2D eigenvalue weighted by molar-refractivity contribution is 5.85. The lowest BCUT2D eigenvalue weighted by atomic mass is 10.0. The summed E-state index contributed by atoms with van der Waals surface area (Å²) in [6, 6.07) is 3.39. The minimum absolute atomic E-state index is 0. The number of hydrogen-bond acceptors (Lipinski definition) is 1. The van der Waals surface area contributed by atoms with Crippen molar-refractivity contribution in [2.24, 2.45) is 5.73 Å². The fraction of sp³-hybridized carbons (Fsp3) is 0.400. The molecule has 0 heterocycles. The van der Waals surface area contributed by atoms with Crippen LogP contribution < -0.4 is 5.73 Å². The number of alkyl halides is 2. The Morgan fingerprint density at radius 1 is 1.33 bits per heavy atom. The van der Waals surface area contributed by atoms with Gasteiger partial charge >= 0.3 is 0 Å². The maximum atomic E-state index is 13.1. The molecule has 1 aromatic carbocycles. The summed E-state index contributed by atoms with van der Waals surface area (Å²) in [4.78, 5) is 0. The van der Waals surface area contributed by atoms with E-state index >= 15 is 0 Å². The maximum Gasteiger partial charge on any atom is 0.240 e. The van der Waals surface area contributed by atoms with E-state index in [2.05, 4.69) is 0 Å². The number of benzene rings is 1. The van der Waals surface area contributed by atoms with Crippen molar-refractivity contribution in [2.45, 2.75) is 25.8 Å². The molecule has 0 spiro atoms. The molecule has 1 nitrogen and oxygen atoms in total. The van der Waals surface area contributed by atoms with Crippen LogP contribution >= 0.6 is 12.4 Å². The smallest absolute Gasteiger partial charge is 0.240 e.